The minimum atomic E-state index is -4.15. The molecule has 0 aromatic heterocycles. The minimum Gasteiger partial charge on any atom is -0.388 e. The fraction of sp³-hybridized carbons (Fsp3) is 0.778. The Morgan fingerprint density at radius 2 is 2.11 bits per heavy atom. The smallest absolute Gasteiger partial charge is 0.336 e. The summed E-state index contributed by atoms with van der Waals surface area (Å²) in [6, 6.07) is 0. The molecule has 0 saturated carbocycles. The van der Waals surface area contributed by atoms with Crippen molar-refractivity contribution in [2.45, 2.75) is 24.1 Å². The topological polar surface area (TPSA) is 146 Å². The molecule has 0 amide bonds. The van der Waals surface area contributed by atoms with Crippen molar-refractivity contribution < 1.29 is 37.8 Å². The molecule has 0 unspecified atom stereocenters. The van der Waals surface area contributed by atoms with Gasteiger partial charge in [-0.2, -0.15) is 13.1 Å². The van der Waals surface area contributed by atoms with Crippen LogP contribution in [0.4, 0.5) is 0 Å². The van der Waals surface area contributed by atoms with Crippen molar-refractivity contribution in [3.63, 3.8) is 0 Å². The SMILES string of the molecule is C=CCNS(=O)(=O)OC[C@@]1(O)OC[C@@H](O)[C@@H](O)[C@@H]1O. The number of aliphatic hydroxyl groups excluding tert-OH is 3. The Balaban J connectivity index is 2.63. The van der Waals surface area contributed by atoms with Gasteiger partial charge in [0.05, 0.1) is 6.61 Å². The van der Waals surface area contributed by atoms with Gasteiger partial charge in [0.15, 0.2) is 0 Å². The van der Waals surface area contributed by atoms with Crippen LogP contribution in [0.1, 0.15) is 0 Å². The van der Waals surface area contributed by atoms with Crippen molar-refractivity contribution in [3.8, 4) is 0 Å². The fourth-order valence-electron chi connectivity index (χ4n) is 1.38. The molecule has 0 spiro atoms. The molecule has 1 heterocycles. The summed E-state index contributed by atoms with van der Waals surface area (Å²) in [4.78, 5) is 0. The summed E-state index contributed by atoms with van der Waals surface area (Å²) in [5.41, 5.74) is 0. The molecular weight excluding hydrogens is 282 g/mol. The monoisotopic (exact) mass is 299 g/mol. The van der Waals surface area contributed by atoms with Crippen LogP contribution < -0.4 is 4.72 Å². The first-order valence-electron chi connectivity index (χ1n) is 5.37. The van der Waals surface area contributed by atoms with Crippen LogP contribution in [0.2, 0.25) is 0 Å². The highest BCUT2D eigenvalue weighted by atomic mass is 32.2. The van der Waals surface area contributed by atoms with Crippen molar-refractivity contribution in [1.29, 1.82) is 0 Å². The number of aliphatic hydroxyl groups is 4. The van der Waals surface area contributed by atoms with Gasteiger partial charge in [-0.15, -0.1) is 6.58 Å². The van der Waals surface area contributed by atoms with Crippen LogP contribution in [-0.4, -0.2) is 72.7 Å². The Morgan fingerprint density at radius 1 is 1.47 bits per heavy atom. The zero-order valence-electron chi connectivity index (χ0n) is 9.97. The summed E-state index contributed by atoms with van der Waals surface area (Å²) in [6.45, 7) is 1.81. The van der Waals surface area contributed by atoms with Gasteiger partial charge in [-0.05, 0) is 0 Å². The van der Waals surface area contributed by atoms with Gasteiger partial charge >= 0.3 is 10.3 Å². The van der Waals surface area contributed by atoms with E-state index in [0.717, 1.165) is 0 Å². The number of hydrogen-bond acceptors (Lipinski definition) is 8. The highest BCUT2D eigenvalue weighted by Gasteiger charge is 2.49. The fourth-order valence-corrected chi connectivity index (χ4v) is 2.11. The first-order chi connectivity index (χ1) is 8.72. The summed E-state index contributed by atoms with van der Waals surface area (Å²) >= 11 is 0. The summed E-state index contributed by atoms with van der Waals surface area (Å²) in [6.07, 6.45) is -3.69. The van der Waals surface area contributed by atoms with Crippen LogP contribution in [0.5, 0.6) is 0 Å². The molecular formula is C9H17NO8S. The van der Waals surface area contributed by atoms with Gasteiger partial charge in [-0.25, -0.2) is 0 Å². The maximum atomic E-state index is 11.3. The summed E-state index contributed by atoms with van der Waals surface area (Å²) in [7, 11) is -4.15. The highest BCUT2D eigenvalue weighted by Crippen LogP contribution is 2.24. The van der Waals surface area contributed by atoms with Crippen LogP contribution in [0.3, 0.4) is 0 Å². The standard InChI is InChI=1S/C9H17NO8S/c1-2-3-10-19(15,16)18-5-9(14)8(13)7(12)6(11)4-17-9/h2,6-8,10-14H,1,3-5H2/t6-,7-,8+,9-/m1/s1. The van der Waals surface area contributed by atoms with E-state index >= 15 is 0 Å². The lowest BCUT2D eigenvalue weighted by Crippen LogP contribution is -2.63. The molecule has 1 saturated heterocycles. The lowest BCUT2D eigenvalue weighted by atomic mass is 9.98. The van der Waals surface area contributed by atoms with Crippen LogP contribution in [-0.2, 0) is 19.2 Å². The molecule has 0 aliphatic carbocycles. The van der Waals surface area contributed by atoms with Crippen molar-refractivity contribution in [2.24, 2.45) is 0 Å². The third kappa shape index (κ3) is 4.19. The number of nitrogens with one attached hydrogen (secondary N) is 1. The molecule has 1 fully saturated rings. The molecule has 4 atom stereocenters. The lowest BCUT2D eigenvalue weighted by Gasteiger charge is -2.40. The predicted octanol–water partition coefficient (Wildman–Crippen LogP) is -3.18. The molecule has 112 valence electrons. The molecule has 10 heteroatoms. The highest BCUT2D eigenvalue weighted by molar-refractivity contribution is 7.84. The second kappa shape index (κ2) is 6.24. The quantitative estimate of drug-likeness (QED) is 0.323. The average molecular weight is 299 g/mol. The molecule has 1 aliphatic heterocycles. The van der Waals surface area contributed by atoms with Crippen molar-refractivity contribution >= 4 is 10.3 Å². The predicted molar refractivity (Wildman–Crippen MR) is 62.0 cm³/mol. The summed E-state index contributed by atoms with van der Waals surface area (Å²) < 4.78 is 33.7. The van der Waals surface area contributed by atoms with E-state index in [4.69, 9.17) is 4.74 Å². The van der Waals surface area contributed by atoms with Crippen LogP contribution in [0, 0.1) is 0 Å². The summed E-state index contributed by atoms with van der Waals surface area (Å²) in [5.74, 6) is -2.43. The average Bonchev–Trinajstić information content (AvgIpc) is 2.37. The second-order valence-electron chi connectivity index (χ2n) is 4.01. The third-order valence-electron chi connectivity index (χ3n) is 2.51. The normalized spacial score (nSPS) is 36.1. The van der Waals surface area contributed by atoms with Gasteiger partial charge in [0.1, 0.15) is 24.9 Å². The first-order valence-corrected chi connectivity index (χ1v) is 6.78. The number of ether oxygens (including phenoxy) is 1. The molecule has 19 heavy (non-hydrogen) atoms. The van der Waals surface area contributed by atoms with E-state index in [1.165, 1.54) is 6.08 Å². The van der Waals surface area contributed by atoms with Crippen molar-refractivity contribution in [3.05, 3.63) is 12.7 Å². The molecule has 0 aromatic carbocycles. The van der Waals surface area contributed by atoms with E-state index in [2.05, 4.69) is 10.8 Å². The van der Waals surface area contributed by atoms with Gasteiger partial charge in [0.2, 0.25) is 5.79 Å². The van der Waals surface area contributed by atoms with Gasteiger partial charge in [0, 0.05) is 6.54 Å². The largest absolute Gasteiger partial charge is 0.388 e. The zero-order chi connectivity index (χ0) is 14.7. The van der Waals surface area contributed by atoms with Gasteiger partial charge < -0.3 is 25.2 Å². The Hall–Kier alpha value is -0.590. The Morgan fingerprint density at radius 3 is 2.68 bits per heavy atom. The van der Waals surface area contributed by atoms with E-state index < -0.39 is 47.6 Å². The van der Waals surface area contributed by atoms with E-state index in [-0.39, 0.29) is 6.54 Å². The molecule has 1 rings (SSSR count). The first kappa shape index (κ1) is 16.5. The van der Waals surface area contributed by atoms with E-state index in [9.17, 15) is 28.8 Å². The molecule has 0 aromatic rings. The van der Waals surface area contributed by atoms with E-state index in [1.54, 1.807) is 0 Å². The van der Waals surface area contributed by atoms with Crippen LogP contribution in [0.15, 0.2) is 12.7 Å². The molecule has 9 nitrogen and oxygen atoms in total. The Bertz CT molecular complexity index is 412. The Labute approximate surface area is 110 Å². The second-order valence-corrected chi connectivity index (χ2v) is 5.44. The van der Waals surface area contributed by atoms with Crippen molar-refractivity contribution in [2.75, 3.05) is 19.8 Å². The Kier molecular flexibility index (Phi) is 5.41. The van der Waals surface area contributed by atoms with Gasteiger partial charge in [-0.1, -0.05) is 6.08 Å². The van der Waals surface area contributed by atoms with Gasteiger partial charge in [-0.3, -0.25) is 4.18 Å². The van der Waals surface area contributed by atoms with Gasteiger partial charge in [0.25, 0.3) is 0 Å². The summed E-state index contributed by atoms with van der Waals surface area (Å²) in [5, 5.41) is 38.0. The van der Waals surface area contributed by atoms with Crippen LogP contribution in [0.25, 0.3) is 0 Å². The lowest BCUT2D eigenvalue weighted by molar-refractivity contribution is -0.328. The number of rotatable bonds is 6. The molecule has 0 radical (unpaired) electrons. The third-order valence-corrected chi connectivity index (χ3v) is 3.46. The molecule has 5 N–H and O–H groups in total. The maximum absolute atomic E-state index is 11.3. The van der Waals surface area contributed by atoms with E-state index in [1.807, 2.05) is 4.72 Å². The van der Waals surface area contributed by atoms with E-state index in [0.29, 0.717) is 0 Å². The minimum absolute atomic E-state index is 0.0779. The molecule has 0 bridgehead atoms. The number of hydrogen-bond donors (Lipinski definition) is 5. The van der Waals surface area contributed by atoms with Crippen LogP contribution >= 0.6 is 0 Å². The van der Waals surface area contributed by atoms with Crippen molar-refractivity contribution in [1.82, 2.24) is 4.72 Å². The zero-order valence-corrected chi connectivity index (χ0v) is 10.8. The maximum Gasteiger partial charge on any atom is 0.336 e. The molecule has 1 aliphatic rings.